The van der Waals surface area contributed by atoms with E-state index in [1.54, 1.807) is 6.92 Å². The Morgan fingerprint density at radius 1 is 1.48 bits per heavy atom. The van der Waals surface area contributed by atoms with E-state index in [1.807, 2.05) is 4.90 Å². The van der Waals surface area contributed by atoms with Crippen molar-refractivity contribution in [2.75, 3.05) is 42.4 Å². The number of phosphoric ester groups is 1. The summed E-state index contributed by atoms with van der Waals surface area (Å²) in [5.41, 5.74) is 5.60. The third-order valence-electron chi connectivity index (χ3n) is 4.62. The highest BCUT2D eigenvalue weighted by Gasteiger charge is 2.47. The van der Waals surface area contributed by atoms with E-state index in [9.17, 15) is 19.4 Å². The number of anilines is 3. The molecular formula is C13H22N5O6P. The van der Waals surface area contributed by atoms with Gasteiger partial charge in [-0.2, -0.15) is 4.98 Å². The molecular weight excluding hydrogens is 353 g/mol. The number of nitrogens with one attached hydrogen (secondary N) is 2. The molecule has 0 saturated heterocycles. The van der Waals surface area contributed by atoms with Crippen molar-refractivity contribution in [1.82, 2.24) is 9.97 Å². The highest BCUT2D eigenvalue weighted by atomic mass is 31.2. The Hall–Kier alpha value is -1.65. The molecule has 1 unspecified atom stereocenters. The van der Waals surface area contributed by atoms with Gasteiger partial charge in [0.25, 0.3) is 5.56 Å². The first-order valence-electron chi connectivity index (χ1n) is 7.99. The fourth-order valence-electron chi connectivity index (χ4n) is 3.33. The van der Waals surface area contributed by atoms with E-state index in [4.69, 9.17) is 14.8 Å². The monoisotopic (exact) mass is 375 g/mol. The number of aromatic nitrogens is 2. The summed E-state index contributed by atoms with van der Waals surface area (Å²) in [5.74, 6) is 0.167. The number of nitrogen functional groups attached to an aromatic ring is 1. The maximum absolute atomic E-state index is 11.9. The van der Waals surface area contributed by atoms with Gasteiger partial charge in [-0.05, 0) is 19.3 Å². The Morgan fingerprint density at radius 2 is 2.24 bits per heavy atom. The Kier molecular flexibility index (Phi) is 5.03. The summed E-state index contributed by atoms with van der Waals surface area (Å²) >= 11 is 0. The number of hydrogen-bond donors (Lipinski definition) is 5. The second kappa shape index (κ2) is 6.93. The molecule has 2 heterocycles. The van der Waals surface area contributed by atoms with Crippen molar-refractivity contribution in [3.63, 3.8) is 0 Å². The zero-order chi connectivity index (χ0) is 18.2. The largest absolute Gasteiger partial charge is 0.472 e. The number of nitrogens with two attached hydrogens (primary N) is 1. The van der Waals surface area contributed by atoms with Crippen molar-refractivity contribution in [2.45, 2.75) is 19.4 Å². The SMILES string of the molecule is CCOP(=O)(O)OC[C@@H]1[C@@H](CO)C[C@H]1N1CNc2c1nc(N)[nH]c2=O. The molecule has 0 radical (unpaired) electrons. The van der Waals surface area contributed by atoms with Gasteiger partial charge in [0.05, 0.1) is 19.9 Å². The van der Waals surface area contributed by atoms with Crippen molar-refractivity contribution >= 4 is 25.3 Å². The summed E-state index contributed by atoms with van der Waals surface area (Å²) < 4.78 is 21.5. The molecule has 6 N–H and O–H groups in total. The molecule has 12 heteroatoms. The Bertz CT molecular complexity index is 742. The first kappa shape index (κ1) is 18.2. The van der Waals surface area contributed by atoms with E-state index < -0.39 is 7.82 Å². The molecule has 1 saturated carbocycles. The summed E-state index contributed by atoms with van der Waals surface area (Å²) in [6, 6.07) is -0.110. The third kappa shape index (κ3) is 3.51. The summed E-state index contributed by atoms with van der Waals surface area (Å²) in [6.07, 6.45) is 0.643. The topological polar surface area (TPSA) is 163 Å². The van der Waals surface area contributed by atoms with Gasteiger partial charge in [-0.25, -0.2) is 4.57 Å². The van der Waals surface area contributed by atoms with Gasteiger partial charge in [0, 0.05) is 18.6 Å². The smallest absolute Gasteiger partial charge is 0.396 e. The maximum Gasteiger partial charge on any atom is 0.472 e. The van der Waals surface area contributed by atoms with Crippen molar-refractivity contribution in [2.24, 2.45) is 11.8 Å². The molecule has 1 aliphatic heterocycles. The summed E-state index contributed by atoms with van der Waals surface area (Å²) in [4.78, 5) is 30.0. The molecule has 1 aromatic rings. The number of aliphatic hydroxyl groups is 1. The van der Waals surface area contributed by atoms with E-state index in [-0.39, 0.29) is 49.2 Å². The van der Waals surface area contributed by atoms with Gasteiger partial charge in [-0.1, -0.05) is 0 Å². The highest BCUT2D eigenvalue weighted by Crippen LogP contribution is 2.48. The second-order valence-electron chi connectivity index (χ2n) is 6.05. The molecule has 11 nitrogen and oxygen atoms in total. The van der Waals surface area contributed by atoms with Crippen LogP contribution in [0.1, 0.15) is 13.3 Å². The van der Waals surface area contributed by atoms with Crippen LogP contribution >= 0.6 is 7.82 Å². The van der Waals surface area contributed by atoms with Crippen LogP contribution < -0.4 is 21.5 Å². The van der Waals surface area contributed by atoms with E-state index in [0.717, 1.165) is 0 Å². The molecule has 1 fully saturated rings. The lowest BCUT2D eigenvalue weighted by Crippen LogP contribution is -2.55. The normalized spacial score (nSPS) is 27.3. The molecule has 4 atom stereocenters. The van der Waals surface area contributed by atoms with Gasteiger partial charge < -0.3 is 26.0 Å². The van der Waals surface area contributed by atoms with Gasteiger partial charge in [0.15, 0.2) is 5.82 Å². The Balaban J connectivity index is 1.75. The van der Waals surface area contributed by atoms with Crippen LogP contribution in [0.25, 0.3) is 0 Å². The number of fused-ring (bicyclic) bond motifs is 1. The molecule has 0 aromatic carbocycles. The fourth-order valence-corrected chi connectivity index (χ4v) is 4.09. The lowest BCUT2D eigenvalue weighted by atomic mass is 9.69. The zero-order valence-electron chi connectivity index (χ0n) is 13.7. The van der Waals surface area contributed by atoms with Gasteiger partial charge in [0.1, 0.15) is 5.69 Å². The van der Waals surface area contributed by atoms with Gasteiger partial charge in [-0.3, -0.25) is 18.8 Å². The van der Waals surface area contributed by atoms with Crippen LogP contribution in [0.4, 0.5) is 17.5 Å². The molecule has 0 amide bonds. The van der Waals surface area contributed by atoms with Crippen LogP contribution in [-0.4, -0.2) is 52.5 Å². The lowest BCUT2D eigenvalue weighted by Gasteiger charge is -2.48. The second-order valence-corrected chi connectivity index (χ2v) is 7.50. The standard InChI is InChI=1S/C13H22N5O6P/c1-2-23-25(21,22)24-5-8-7(4-19)3-9(8)18-6-15-10-11(18)16-13(14)17-12(10)20/h7-9,15,19H,2-6H2,1H3,(H,21,22)(H3,14,16,17,20)/t7-,8-,9-/m1/s1. The van der Waals surface area contributed by atoms with Crippen LogP contribution in [0.3, 0.4) is 0 Å². The number of aliphatic hydroxyl groups excluding tert-OH is 1. The van der Waals surface area contributed by atoms with Crippen LogP contribution in [0.5, 0.6) is 0 Å². The zero-order valence-corrected chi connectivity index (χ0v) is 14.6. The minimum Gasteiger partial charge on any atom is -0.396 e. The van der Waals surface area contributed by atoms with Gasteiger partial charge in [0.2, 0.25) is 5.95 Å². The number of rotatable bonds is 7. The number of H-pyrrole nitrogens is 1. The average Bonchev–Trinajstić information content (AvgIpc) is 2.90. The van der Waals surface area contributed by atoms with Gasteiger partial charge in [-0.15, -0.1) is 0 Å². The summed E-state index contributed by atoms with van der Waals surface area (Å²) in [6.45, 7) is 1.90. The predicted molar refractivity (Wildman–Crippen MR) is 90.1 cm³/mol. The molecule has 2 aliphatic rings. The number of aromatic amines is 1. The molecule has 1 aliphatic carbocycles. The number of nitrogens with zero attached hydrogens (tertiary/aromatic N) is 2. The highest BCUT2D eigenvalue weighted by molar-refractivity contribution is 7.47. The molecule has 3 rings (SSSR count). The van der Waals surface area contributed by atoms with Crippen molar-refractivity contribution in [3.8, 4) is 0 Å². The van der Waals surface area contributed by atoms with E-state index in [0.29, 0.717) is 24.6 Å². The Labute approximate surface area is 143 Å². The fraction of sp³-hybridized carbons (Fsp3) is 0.692. The van der Waals surface area contributed by atoms with Crippen molar-refractivity contribution < 1.29 is 23.6 Å². The molecule has 1 aromatic heterocycles. The van der Waals surface area contributed by atoms with Crippen molar-refractivity contribution in [1.29, 1.82) is 0 Å². The predicted octanol–water partition coefficient (Wildman–Crippen LogP) is -0.308. The minimum atomic E-state index is -4.11. The molecule has 140 valence electrons. The van der Waals surface area contributed by atoms with Crippen molar-refractivity contribution in [3.05, 3.63) is 10.4 Å². The summed E-state index contributed by atoms with van der Waals surface area (Å²) in [7, 11) is -4.11. The Morgan fingerprint density at radius 3 is 2.92 bits per heavy atom. The number of phosphoric acid groups is 1. The van der Waals surface area contributed by atoms with E-state index in [2.05, 4.69) is 15.3 Å². The van der Waals surface area contributed by atoms with Crippen LogP contribution in [-0.2, 0) is 13.6 Å². The minimum absolute atomic E-state index is 0.0134. The average molecular weight is 375 g/mol. The van der Waals surface area contributed by atoms with Gasteiger partial charge >= 0.3 is 7.82 Å². The van der Waals surface area contributed by atoms with E-state index >= 15 is 0 Å². The molecule has 25 heavy (non-hydrogen) atoms. The molecule has 0 bridgehead atoms. The van der Waals surface area contributed by atoms with E-state index in [1.165, 1.54) is 0 Å². The quantitative estimate of drug-likeness (QED) is 0.399. The van der Waals surface area contributed by atoms with Crippen LogP contribution in [0.2, 0.25) is 0 Å². The summed E-state index contributed by atoms with van der Waals surface area (Å²) in [5, 5.41) is 12.5. The van der Waals surface area contributed by atoms with Crippen LogP contribution in [0.15, 0.2) is 4.79 Å². The molecule has 0 spiro atoms. The van der Waals surface area contributed by atoms with Crippen LogP contribution in [0, 0.1) is 11.8 Å². The lowest BCUT2D eigenvalue weighted by molar-refractivity contribution is 0.0174. The number of hydrogen-bond acceptors (Lipinski definition) is 9. The first-order chi connectivity index (χ1) is 11.9. The maximum atomic E-state index is 11.9. The first-order valence-corrected chi connectivity index (χ1v) is 9.49. The third-order valence-corrected chi connectivity index (χ3v) is 5.68.